The molecule has 0 bridgehead atoms. The van der Waals surface area contributed by atoms with Gasteiger partial charge in [0.25, 0.3) is 17.4 Å². The molecular formula is C37H27N3O5. The molecule has 2 aliphatic carbocycles. The third-order valence-electron chi connectivity index (χ3n) is 9.39. The first-order valence-electron chi connectivity index (χ1n) is 15.2. The van der Waals surface area contributed by atoms with E-state index in [9.17, 15) is 24.0 Å². The number of hydrogen-bond donors (Lipinski definition) is 0. The van der Waals surface area contributed by atoms with Crippen molar-refractivity contribution in [1.82, 2.24) is 9.55 Å². The molecule has 0 spiro atoms. The molecule has 220 valence electrons. The number of carbonyl (C=O) groups excluding carboxylic acids is 4. The quantitative estimate of drug-likeness (QED) is 0.178. The van der Waals surface area contributed by atoms with Crippen LogP contribution in [-0.2, 0) is 0 Å². The van der Waals surface area contributed by atoms with Gasteiger partial charge in [-0.15, -0.1) is 0 Å². The normalized spacial score (nSPS) is 16.7. The van der Waals surface area contributed by atoms with Crippen molar-refractivity contribution in [2.45, 2.75) is 44.4 Å². The monoisotopic (exact) mass is 593 g/mol. The van der Waals surface area contributed by atoms with Crippen LogP contribution in [0.25, 0.3) is 16.6 Å². The van der Waals surface area contributed by atoms with Crippen LogP contribution in [0, 0.1) is 6.92 Å². The average molecular weight is 594 g/mol. The molecule has 5 aromatic rings. The Morgan fingerprint density at radius 2 is 1.31 bits per heavy atom. The standard InChI is InChI=1S/C37H27N3O5/c1-20-13-15-23(16-14-20)39-34(38-30-12-5-4-11-25(30)35(39)43)31-32(41)26-18-28-29(19-27(26)33(31)42)37(45)40(36(28)44)24-10-6-9-22(17-24)21-7-2-3-8-21/h4-6,9-19,21,31H,2-3,7-8H2,1H3. The summed E-state index contributed by atoms with van der Waals surface area (Å²) >= 11 is 0. The van der Waals surface area contributed by atoms with E-state index in [0.29, 0.717) is 28.2 Å². The number of ketones is 2. The summed E-state index contributed by atoms with van der Waals surface area (Å²) in [6, 6.07) is 24.2. The first kappa shape index (κ1) is 27.1. The summed E-state index contributed by atoms with van der Waals surface area (Å²) < 4.78 is 1.32. The molecular weight excluding hydrogens is 566 g/mol. The summed E-state index contributed by atoms with van der Waals surface area (Å²) in [5.41, 5.74) is 3.23. The van der Waals surface area contributed by atoms with E-state index in [1.165, 1.54) is 16.7 Å². The van der Waals surface area contributed by atoms with Gasteiger partial charge in [0, 0.05) is 11.1 Å². The van der Waals surface area contributed by atoms with Gasteiger partial charge in [-0.05, 0) is 79.8 Å². The van der Waals surface area contributed by atoms with Gasteiger partial charge in [-0.3, -0.25) is 28.5 Å². The molecule has 8 nitrogen and oxygen atoms in total. The van der Waals surface area contributed by atoms with Gasteiger partial charge in [0.05, 0.1) is 33.4 Å². The second kappa shape index (κ2) is 10.0. The number of imide groups is 1. The minimum absolute atomic E-state index is 0.00285. The second-order valence-corrected chi connectivity index (χ2v) is 12.1. The minimum atomic E-state index is -1.41. The number of fused-ring (bicyclic) bond motifs is 3. The maximum Gasteiger partial charge on any atom is 0.266 e. The molecule has 8 heteroatoms. The van der Waals surface area contributed by atoms with E-state index >= 15 is 0 Å². The van der Waals surface area contributed by atoms with Crippen molar-refractivity contribution in [3.8, 4) is 5.69 Å². The molecule has 0 radical (unpaired) electrons. The Bertz CT molecular complexity index is 2140. The lowest BCUT2D eigenvalue weighted by Gasteiger charge is -2.17. The molecule has 1 fully saturated rings. The lowest BCUT2D eigenvalue weighted by molar-refractivity contribution is 0.0881. The molecule has 1 aliphatic heterocycles. The van der Waals surface area contributed by atoms with Gasteiger partial charge in [-0.2, -0.15) is 0 Å². The van der Waals surface area contributed by atoms with Gasteiger partial charge in [0.1, 0.15) is 11.7 Å². The van der Waals surface area contributed by atoms with Crippen molar-refractivity contribution in [1.29, 1.82) is 0 Å². The van der Waals surface area contributed by atoms with E-state index in [-0.39, 0.29) is 28.1 Å². The fourth-order valence-electron chi connectivity index (χ4n) is 7.06. The fraction of sp³-hybridized carbons (Fsp3) is 0.189. The van der Waals surface area contributed by atoms with Gasteiger partial charge >= 0.3 is 0 Å². The zero-order valence-corrected chi connectivity index (χ0v) is 24.4. The lowest BCUT2D eigenvalue weighted by atomic mass is 9.97. The first-order valence-corrected chi connectivity index (χ1v) is 15.2. The molecule has 45 heavy (non-hydrogen) atoms. The van der Waals surface area contributed by atoms with Gasteiger partial charge in [0.2, 0.25) is 0 Å². The summed E-state index contributed by atoms with van der Waals surface area (Å²) in [4.78, 5) is 75.1. The number of aryl methyl sites for hydroxylation is 1. The third kappa shape index (κ3) is 4.05. The number of amides is 2. The largest absolute Gasteiger partial charge is 0.293 e. The Kier molecular flexibility index (Phi) is 6.03. The maximum atomic E-state index is 14.0. The Balaban J connectivity index is 1.22. The Labute approximate surface area is 257 Å². The number of anilines is 1. The van der Waals surface area contributed by atoms with Crippen molar-refractivity contribution in [2.75, 3.05) is 4.90 Å². The fourth-order valence-corrected chi connectivity index (χ4v) is 7.06. The van der Waals surface area contributed by atoms with E-state index in [4.69, 9.17) is 0 Å². The van der Waals surface area contributed by atoms with Crippen LogP contribution in [0.4, 0.5) is 5.69 Å². The van der Waals surface area contributed by atoms with E-state index in [0.717, 1.165) is 41.7 Å². The van der Waals surface area contributed by atoms with E-state index < -0.39 is 34.9 Å². The highest BCUT2D eigenvalue weighted by Gasteiger charge is 2.46. The van der Waals surface area contributed by atoms with E-state index in [2.05, 4.69) is 4.98 Å². The van der Waals surface area contributed by atoms with Gasteiger partial charge in [-0.25, -0.2) is 9.88 Å². The molecule has 1 aromatic heterocycles. The van der Waals surface area contributed by atoms with Crippen LogP contribution in [0.5, 0.6) is 0 Å². The molecule has 0 unspecified atom stereocenters. The zero-order valence-electron chi connectivity index (χ0n) is 24.4. The SMILES string of the molecule is Cc1ccc(-n2c(C3C(=O)c4cc5c(cc4C3=O)C(=O)N(c3cccc(C4CCCC4)c3)C5=O)nc3ccccc3c2=O)cc1. The summed E-state index contributed by atoms with van der Waals surface area (Å²) in [7, 11) is 0. The highest BCUT2D eigenvalue weighted by molar-refractivity contribution is 6.37. The van der Waals surface area contributed by atoms with Crippen molar-refractivity contribution < 1.29 is 19.2 Å². The lowest BCUT2D eigenvalue weighted by Crippen LogP contribution is -2.30. The average Bonchev–Trinajstić information content (AvgIpc) is 3.74. The summed E-state index contributed by atoms with van der Waals surface area (Å²) in [5, 5.41) is 0.351. The molecule has 2 amide bonds. The number of rotatable bonds is 4. The van der Waals surface area contributed by atoms with Crippen LogP contribution in [0.3, 0.4) is 0 Å². The number of hydrogen-bond acceptors (Lipinski definition) is 6. The first-order chi connectivity index (χ1) is 21.8. The van der Waals surface area contributed by atoms with Gasteiger partial charge in [0.15, 0.2) is 11.6 Å². The summed E-state index contributed by atoms with van der Waals surface area (Å²) in [6.45, 7) is 1.92. The predicted octanol–water partition coefficient (Wildman–Crippen LogP) is 6.32. The number of benzene rings is 4. The van der Waals surface area contributed by atoms with Crippen molar-refractivity contribution in [2.24, 2.45) is 0 Å². The van der Waals surface area contributed by atoms with Gasteiger partial charge in [-0.1, -0.05) is 54.8 Å². The molecule has 3 aliphatic rings. The minimum Gasteiger partial charge on any atom is -0.293 e. The van der Waals surface area contributed by atoms with Crippen molar-refractivity contribution in [3.05, 3.63) is 134 Å². The molecule has 1 saturated carbocycles. The molecule has 0 saturated heterocycles. The van der Waals surface area contributed by atoms with Crippen LogP contribution in [0.2, 0.25) is 0 Å². The number of aromatic nitrogens is 2. The molecule has 8 rings (SSSR count). The predicted molar refractivity (Wildman–Crippen MR) is 169 cm³/mol. The number of nitrogens with zero attached hydrogens (tertiary/aromatic N) is 3. The molecule has 2 heterocycles. The highest BCUT2D eigenvalue weighted by Crippen LogP contribution is 2.40. The van der Waals surface area contributed by atoms with E-state index in [1.54, 1.807) is 42.5 Å². The molecule has 0 N–H and O–H groups in total. The van der Waals surface area contributed by atoms with Crippen molar-refractivity contribution in [3.63, 3.8) is 0 Å². The summed E-state index contributed by atoms with van der Waals surface area (Å²) in [6.07, 6.45) is 4.47. The van der Waals surface area contributed by atoms with E-state index in [1.807, 2.05) is 37.3 Å². The smallest absolute Gasteiger partial charge is 0.266 e. The maximum absolute atomic E-state index is 14.0. The zero-order chi connectivity index (χ0) is 31.0. The topological polar surface area (TPSA) is 106 Å². The Hall–Kier alpha value is -5.50. The number of carbonyl (C=O) groups is 4. The number of Topliss-reactive ketones (excluding diaryl/α,β-unsaturated/α-hetero) is 2. The van der Waals surface area contributed by atoms with Crippen LogP contribution in [0.1, 0.15) is 95.9 Å². The Morgan fingerprint density at radius 1 is 0.667 bits per heavy atom. The third-order valence-corrected chi connectivity index (χ3v) is 9.39. The van der Waals surface area contributed by atoms with Crippen LogP contribution in [0.15, 0.2) is 89.7 Å². The van der Waals surface area contributed by atoms with Crippen LogP contribution in [-0.4, -0.2) is 32.9 Å². The molecule has 0 atom stereocenters. The van der Waals surface area contributed by atoms with Crippen molar-refractivity contribution >= 4 is 40.0 Å². The Morgan fingerprint density at radius 3 is 1.98 bits per heavy atom. The second-order valence-electron chi connectivity index (χ2n) is 12.1. The molecule has 4 aromatic carbocycles. The highest BCUT2D eigenvalue weighted by atomic mass is 16.2. The van der Waals surface area contributed by atoms with Crippen LogP contribution >= 0.6 is 0 Å². The number of para-hydroxylation sites is 1. The van der Waals surface area contributed by atoms with Gasteiger partial charge < -0.3 is 0 Å². The van der Waals surface area contributed by atoms with Crippen LogP contribution < -0.4 is 10.5 Å². The summed E-state index contributed by atoms with van der Waals surface area (Å²) in [5.74, 6) is -3.22.